The lowest BCUT2D eigenvalue weighted by Gasteiger charge is -2.36. The van der Waals surface area contributed by atoms with Crippen LogP contribution in [0, 0.1) is 11.3 Å². The molecule has 0 radical (unpaired) electrons. The third kappa shape index (κ3) is 4.27. The zero-order valence-electron chi connectivity index (χ0n) is 19.7. The molecule has 0 unspecified atom stereocenters. The first-order chi connectivity index (χ1) is 16.6. The van der Waals surface area contributed by atoms with Crippen LogP contribution in [0.4, 0.5) is 5.69 Å². The predicted molar refractivity (Wildman–Crippen MR) is 141 cm³/mol. The number of morpholine rings is 1. The molecular formula is C29H27N3OS. The van der Waals surface area contributed by atoms with Crippen LogP contribution in [0.1, 0.15) is 19.4 Å². The summed E-state index contributed by atoms with van der Waals surface area (Å²) in [5.74, 6) is 0. The number of rotatable bonds is 4. The van der Waals surface area contributed by atoms with E-state index in [0.29, 0.717) is 5.56 Å². The topological polar surface area (TPSA) is 49.1 Å². The number of nitrogens with zero attached hydrogens (tertiary/aromatic N) is 3. The molecule has 5 heteroatoms. The molecule has 1 saturated heterocycles. The lowest BCUT2D eigenvalue weighted by molar-refractivity contribution is -0.00521. The standard InChI is InChI=1S/C29H27N3OS/c1-19-17-32(18-20(2)33-19)24-13-11-23(12-14-24)27-16-31-28-25(5-4-6-26(28)29(27)34-3)22-9-7-21(15-30)8-10-22/h4-14,16,19-20H,17-18H2,1-3H3/t19-,20+. The van der Waals surface area contributed by atoms with E-state index in [1.54, 1.807) is 11.8 Å². The number of nitriles is 1. The molecule has 2 heterocycles. The highest BCUT2D eigenvalue weighted by molar-refractivity contribution is 7.99. The van der Waals surface area contributed by atoms with Crippen molar-refractivity contribution in [2.45, 2.75) is 31.0 Å². The summed E-state index contributed by atoms with van der Waals surface area (Å²) in [5, 5.41) is 10.3. The lowest BCUT2D eigenvalue weighted by Crippen LogP contribution is -2.45. The molecule has 0 spiro atoms. The monoisotopic (exact) mass is 465 g/mol. The molecule has 4 aromatic rings. The summed E-state index contributed by atoms with van der Waals surface area (Å²) in [6.07, 6.45) is 4.59. The number of hydrogen-bond acceptors (Lipinski definition) is 5. The smallest absolute Gasteiger partial charge is 0.0991 e. The van der Waals surface area contributed by atoms with E-state index < -0.39 is 0 Å². The summed E-state index contributed by atoms with van der Waals surface area (Å²) >= 11 is 1.75. The fourth-order valence-electron chi connectivity index (χ4n) is 4.82. The minimum atomic E-state index is 0.238. The van der Waals surface area contributed by atoms with Crippen molar-refractivity contribution in [3.8, 4) is 28.3 Å². The Morgan fingerprint density at radius 1 is 0.912 bits per heavy atom. The number of anilines is 1. The Hall–Kier alpha value is -3.33. The molecule has 1 aliphatic heterocycles. The van der Waals surface area contributed by atoms with Crippen molar-refractivity contribution < 1.29 is 4.74 Å². The molecule has 0 saturated carbocycles. The number of hydrogen-bond donors (Lipinski definition) is 0. The van der Waals surface area contributed by atoms with E-state index in [0.717, 1.165) is 40.7 Å². The molecule has 4 nitrogen and oxygen atoms in total. The van der Waals surface area contributed by atoms with Crippen molar-refractivity contribution in [1.82, 2.24) is 4.98 Å². The van der Waals surface area contributed by atoms with Gasteiger partial charge in [0.25, 0.3) is 0 Å². The van der Waals surface area contributed by atoms with E-state index in [4.69, 9.17) is 15.0 Å². The Morgan fingerprint density at radius 3 is 2.21 bits per heavy atom. The zero-order chi connectivity index (χ0) is 23.7. The fraction of sp³-hybridized carbons (Fsp3) is 0.241. The van der Waals surface area contributed by atoms with Crippen molar-refractivity contribution >= 4 is 28.4 Å². The molecule has 1 aliphatic rings. The maximum absolute atomic E-state index is 9.12. The maximum Gasteiger partial charge on any atom is 0.0991 e. The number of aromatic nitrogens is 1. The molecule has 0 aliphatic carbocycles. The van der Waals surface area contributed by atoms with Crippen molar-refractivity contribution in [1.29, 1.82) is 5.26 Å². The van der Waals surface area contributed by atoms with Crippen molar-refractivity contribution in [2.75, 3.05) is 24.2 Å². The number of para-hydroxylation sites is 1. The quantitative estimate of drug-likeness (QED) is 0.311. The van der Waals surface area contributed by atoms with Crippen LogP contribution >= 0.6 is 11.8 Å². The zero-order valence-corrected chi connectivity index (χ0v) is 20.5. The largest absolute Gasteiger partial charge is 0.372 e. The number of benzene rings is 3. The predicted octanol–water partition coefficient (Wildman–Crippen LogP) is 6.78. The lowest BCUT2D eigenvalue weighted by atomic mass is 9.98. The van der Waals surface area contributed by atoms with Crippen LogP contribution in [0.2, 0.25) is 0 Å². The molecule has 34 heavy (non-hydrogen) atoms. The van der Waals surface area contributed by atoms with Gasteiger partial charge in [0.15, 0.2) is 0 Å². The second kappa shape index (κ2) is 9.50. The third-order valence-corrected chi connectivity index (χ3v) is 7.19. The van der Waals surface area contributed by atoms with Gasteiger partial charge in [-0.25, -0.2) is 0 Å². The Morgan fingerprint density at radius 2 is 1.56 bits per heavy atom. The molecule has 3 aromatic carbocycles. The van der Waals surface area contributed by atoms with Gasteiger partial charge >= 0.3 is 0 Å². The first-order valence-corrected chi connectivity index (χ1v) is 12.8. The van der Waals surface area contributed by atoms with Crippen molar-refractivity contribution in [2.24, 2.45) is 0 Å². The summed E-state index contributed by atoms with van der Waals surface area (Å²) in [4.78, 5) is 8.54. The van der Waals surface area contributed by atoms with Gasteiger partial charge in [0.05, 0.1) is 29.4 Å². The SMILES string of the molecule is CSc1c(-c2ccc(N3C[C@@H](C)O[C@@H](C)C3)cc2)cnc2c(-c3ccc(C#N)cc3)cccc12. The van der Waals surface area contributed by atoms with Gasteiger partial charge in [-0.05, 0) is 55.5 Å². The molecular weight excluding hydrogens is 438 g/mol. The average Bonchev–Trinajstić information content (AvgIpc) is 2.87. The summed E-state index contributed by atoms with van der Waals surface area (Å²) in [6, 6.07) is 25.0. The van der Waals surface area contributed by atoms with Gasteiger partial charge in [-0.3, -0.25) is 4.98 Å². The summed E-state index contributed by atoms with van der Waals surface area (Å²) < 4.78 is 5.89. The number of thioether (sulfide) groups is 1. The molecule has 1 aromatic heterocycles. The highest BCUT2D eigenvalue weighted by atomic mass is 32.2. The first kappa shape index (κ1) is 22.5. The van der Waals surface area contributed by atoms with Gasteiger partial charge in [-0.2, -0.15) is 5.26 Å². The minimum Gasteiger partial charge on any atom is -0.372 e. The van der Waals surface area contributed by atoms with Crippen LogP contribution in [0.3, 0.4) is 0 Å². The van der Waals surface area contributed by atoms with Crippen LogP contribution in [0.15, 0.2) is 77.8 Å². The van der Waals surface area contributed by atoms with Crippen molar-refractivity contribution in [3.05, 3.63) is 78.5 Å². The summed E-state index contributed by atoms with van der Waals surface area (Å²) in [6.45, 7) is 6.09. The highest BCUT2D eigenvalue weighted by Gasteiger charge is 2.22. The molecule has 0 bridgehead atoms. The number of pyridine rings is 1. The van der Waals surface area contributed by atoms with Gasteiger partial charge in [0, 0.05) is 46.4 Å². The van der Waals surface area contributed by atoms with Crippen LogP contribution < -0.4 is 4.90 Å². The number of fused-ring (bicyclic) bond motifs is 1. The Bertz CT molecular complexity index is 1350. The van der Waals surface area contributed by atoms with E-state index >= 15 is 0 Å². The summed E-state index contributed by atoms with van der Waals surface area (Å²) in [5.41, 5.74) is 7.33. The van der Waals surface area contributed by atoms with Crippen LogP contribution in [0.25, 0.3) is 33.2 Å². The number of ether oxygens (including phenoxy) is 1. The average molecular weight is 466 g/mol. The molecule has 1 fully saturated rings. The second-order valence-corrected chi connectivity index (χ2v) is 9.62. The van der Waals surface area contributed by atoms with E-state index in [1.807, 2.05) is 30.5 Å². The van der Waals surface area contributed by atoms with Crippen LogP contribution in [-0.4, -0.2) is 36.5 Å². The highest BCUT2D eigenvalue weighted by Crippen LogP contribution is 2.39. The molecule has 170 valence electrons. The van der Waals surface area contributed by atoms with Crippen LogP contribution in [-0.2, 0) is 4.74 Å². The van der Waals surface area contributed by atoms with Gasteiger partial charge in [0.1, 0.15) is 0 Å². The molecule has 2 atom stereocenters. The van der Waals surface area contributed by atoms with Gasteiger partial charge in [-0.1, -0.05) is 42.5 Å². The molecule has 5 rings (SSSR count). The Kier molecular flexibility index (Phi) is 6.28. The van der Waals surface area contributed by atoms with E-state index in [2.05, 4.69) is 73.5 Å². The Labute approximate surface area is 205 Å². The van der Waals surface area contributed by atoms with Gasteiger partial charge in [0.2, 0.25) is 0 Å². The minimum absolute atomic E-state index is 0.238. The normalized spacial score (nSPS) is 18.1. The molecule has 0 N–H and O–H groups in total. The maximum atomic E-state index is 9.12. The summed E-state index contributed by atoms with van der Waals surface area (Å²) in [7, 11) is 0. The van der Waals surface area contributed by atoms with Gasteiger partial charge < -0.3 is 9.64 Å². The fourth-order valence-corrected chi connectivity index (χ4v) is 5.60. The molecule has 0 amide bonds. The van der Waals surface area contributed by atoms with Gasteiger partial charge in [-0.15, -0.1) is 11.8 Å². The van der Waals surface area contributed by atoms with E-state index in [-0.39, 0.29) is 12.2 Å². The third-order valence-electron chi connectivity index (χ3n) is 6.34. The van der Waals surface area contributed by atoms with E-state index in [9.17, 15) is 0 Å². The first-order valence-electron chi connectivity index (χ1n) is 11.5. The second-order valence-electron chi connectivity index (χ2n) is 8.81. The van der Waals surface area contributed by atoms with Crippen molar-refractivity contribution in [3.63, 3.8) is 0 Å². The Balaban J connectivity index is 1.52. The van der Waals surface area contributed by atoms with Crippen LogP contribution in [0.5, 0.6) is 0 Å². The van der Waals surface area contributed by atoms with E-state index in [1.165, 1.54) is 16.1 Å².